The number of aromatic nitrogens is 3. The fraction of sp³-hybridized carbons (Fsp3) is 0.556. The predicted molar refractivity (Wildman–Crippen MR) is 94.2 cm³/mol. The van der Waals surface area contributed by atoms with Gasteiger partial charge >= 0.3 is 0 Å². The molecule has 0 aliphatic carbocycles. The molecule has 8 heteroatoms. The van der Waals surface area contributed by atoms with E-state index in [1.165, 1.54) is 11.7 Å². The number of pyridine rings is 1. The number of rotatable bonds is 5. The normalized spacial score (nSPS) is 15.5. The third-order valence-electron chi connectivity index (χ3n) is 4.68. The van der Waals surface area contributed by atoms with Crippen LogP contribution in [0.5, 0.6) is 5.75 Å². The Morgan fingerprint density at radius 1 is 1.38 bits per heavy atom. The molecule has 0 unspecified atom stereocenters. The number of piperidine rings is 1. The second-order valence-electron chi connectivity index (χ2n) is 6.81. The number of carbonyl (C=O) groups excluding carboxylic acids is 1. The Morgan fingerprint density at radius 3 is 2.73 bits per heavy atom. The fourth-order valence-corrected chi connectivity index (χ4v) is 3.06. The Balaban J connectivity index is 1.59. The molecule has 0 N–H and O–H groups in total. The number of carbonyl (C=O) groups is 1. The molecule has 3 heterocycles. The topological polar surface area (TPSA) is 90.5 Å². The first kappa shape index (κ1) is 18.2. The van der Waals surface area contributed by atoms with E-state index >= 15 is 0 Å². The van der Waals surface area contributed by atoms with Crippen molar-refractivity contribution in [3.8, 4) is 5.75 Å². The van der Waals surface area contributed by atoms with Crippen LogP contribution >= 0.6 is 0 Å². The zero-order chi connectivity index (χ0) is 18.7. The highest BCUT2D eigenvalue weighted by Crippen LogP contribution is 2.27. The van der Waals surface area contributed by atoms with Gasteiger partial charge in [0.2, 0.25) is 11.8 Å². The maximum atomic E-state index is 12.5. The Morgan fingerprint density at radius 2 is 2.12 bits per heavy atom. The van der Waals surface area contributed by atoms with Crippen molar-refractivity contribution in [3.63, 3.8) is 0 Å². The molecule has 1 aliphatic rings. The average Bonchev–Trinajstić information content (AvgIpc) is 3.14. The highest BCUT2D eigenvalue weighted by molar-refractivity contribution is 5.76. The molecule has 0 atom stereocenters. The van der Waals surface area contributed by atoms with Crippen LogP contribution in [0.3, 0.4) is 0 Å². The first-order valence-corrected chi connectivity index (χ1v) is 8.84. The summed E-state index contributed by atoms with van der Waals surface area (Å²) in [6.45, 7) is 5.29. The molecule has 140 valence electrons. The molecule has 1 fully saturated rings. The number of nitrogens with zero attached hydrogens (tertiary/aromatic N) is 4. The van der Waals surface area contributed by atoms with E-state index in [-0.39, 0.29) is 35.6 Å². The molecule has 1 saturated heterocycles. The van der Waals surface area contributed by atoms with Crippen LogP contribution in [-0.4, -0.2) is 45.7 Å². The quantitative estimate of drug-likeness (QED) is 0.807. The van der Waals surface area contributed by atoms with Gasteiger partial charge in [0, 0.05) is 31.1 Å². The van der Waals surface area contributed by atoms with Crippen molar-refractivity contribution in [2.45, 2.75) is 45.1 Å². The average molecular weight is 360 g/mol. The molecule has 26 heavy (non-hydrogen) atoms. The summed E-state index contributed by atoms with van der Waals surface area (Å²) < 4.78 is 11.8. The minimum Gasteiger partial charge on any atom is -0.491 e. The lowest BCUT2D eigenvalue weighted by Gasteiger charge is -2.30. The van der Waals surface area contributed by atoms with Gasteiger partial charge < -0.3 is 18.7 Å². The van der Waals surface area contributed by atoms with E-state index < -0.39 is 0 Å². The molecule has 0 aromatic carbocycles. The van der Waals surface area contributed by atoms with Crippen molar-refractivity contribution < 1.29 is 14.1 Å². The van der Waals surface area contributed by atoms with Gasteiger partial charge in [-0.1, -0.05) is 19.0 Å². The molecule has 8 nitrogen and oxygen atoms in total. The van der Waals surface area contributed by atoms with Crippen molar-refractivity contribution in [2.24, 2.45) is 0 Å². The summed E-state index contributed by atoms with van der Waals surface area (Å²) in [5.41, 5.74) is -0.301. The minimum atomic E-state index is -0.301. The summed E-state index contributed by atoms with van der Waals surface area (Å²) in [6, 6.07) is 3.28. The SMILES string of the molecule is COc1cccn(CC(=O)N2CCC(c3nc(C(C)C)no3)CC2)c1=O. The van der Waals surface area contributed by atoms with Crippen LogP contribution < -0.4 is 10.3 Å². The molecule has 0 bridgehead atoms. The maximum Gasteiger partial charge on any atom is 0.293 e. The van der Waals surface area contributed by atoms with Crippen molar-refractivity contribution in [2.75, 3.05) is 20.2 Å². The number of amides is 1. The van der Waals surface area contributed by atoms with E-state index in [1.54, 1.807) is 23.2 Å². The van der Waals surface area contributed by atoms with Crippen molar-refractivity contribution in [1.29, 1.82) is 0 Å². The van der Waals surface area contributed by atoms with Crippen molar-refractivity contribution in [3.05, 3.63) is 40.4 Å². The summed E-state index contributed by atoms with van der Waals surface area (Å²) in [5.74, 6) is 1.94. The number of hydrogen-bond acceptors (Lipinski definition) is 6. The molecule has 2 aromatic heterocycles. The van der Waals surface area contributed by atoms with Crippen molar-refractivity contribution >= 4 is 5.91 Å². The molecule has 3 rings (SSSR count). The first-order valence-electron chi connectivity index (χ1n) is 8.84. The van der Waals surface area contributed by atoms with E-state index in [2.05, 4.69) is 10.1 Å². The van der Waals surface area contributed by atoms with Crippen molar-refractivity contribution in [1.82, 2.24) is 19.6 Å². The number of ether oxygens (including phenoxy) is 1. The summed E-state index contributed by atoms with van der Waals surface area (Å²) in [6.07, 6.45) is 3.15. The Bertz CT molecular complexity index is 819. The van der Waals surface area contributed by atoms with Crippen LogP contribution in [0.15, 0.2) is 27.6 Å². The summed E-state index contributed by atoms with van der Waals surface area (Å²) >= 11 is 0. The Kier molecular flexibility index (Phi) is 5.39. The van der Waals surface area contributed by atoms with Crippen LogP contribution in [0.25, 0.3) is 0 Å². The molecule has 0 radical (unpaired) electrons. The number of likely N-dealkylation sites (tertiary alicyclic amines) is 1. The minimum absolute atomic E-state index is 0.0127. The number of hydrogen-bond donors (Lipinski definition) is 0. The van der Waals surface area contributed by atoms with E-state index in [1.807, 2.05) is 13.8 Å². The van der Waals surface area contributed by atoms with Crippen LogP contribution in [-0.2, 0) is 11.3 Å². The smallest absolute Gasteiger partial charge is 0.293 e. The third-order valence-corrected chi connectivity index (χ3v) is 4.68. The monoisotopic (exact) mass is 360 g/mol. The van der Waals surface area contributed by atoms with E-state index in [0.717, 1.165) is 18.7 Å². The summed E-state index contributed by atoms with van der Waals surface area (Å²) in [5, 5.41) is 4.01. The van der Waals surface area contributed by atoms with Crippen LogP contribution in [0.1, 0.15) is 50.2 Å². The van der Waals surface area contributed by atoms with Gasteiger partial charge in [-0.15, -0.1) is 0 Å². The van der Waals surface area contributed by atoms with Crippen LogP contribution in [0, 0.1) is 0 Å². The van der Waals surface area contributed by atoms with E-state index in [9.17, 15) is 9.59 Å². The predicted octanol–water partition coefficient (Wildman–Crippen LogP) is 1.77. The van der Waals surface area contributed by atoms with Gasteiger partial charge in [0.15, 0.2) is 11.6 Å². The van der Waals surface area contributed by atoms with Gasteiger partial charge in [0.05, 0.1) is 7.11 Å². The van der Waals surface area contributed by atoms with E-state index in [4.69, 9.17) is 9.26 Å². The van der Waals surface area contributed by atoms with Crippen LogP contribution in [0.4, 0.5) is 0 Å². The summed E-state index contributed by atoms with van der Waals surface area (Å²) in [7, 11) is 1.44. The zero-order valence-corrected chi connectivity index (χ0v) is 15.3. The molecular formula is C18H24N4O4. The van der Waals surface area contributed by atoms with E-state index in [0.29, 0.717) is 19.0 Å². The van der Waals surface area contributed by atoms with Gasteiger partial charge in [-0.25, -0.2) is 0 Å². The Hall–Kier alpha value is -2.64. The van der Waals surface area contributed by atoms with Crippen LogP contribution in [0.2, 0.25) is 0 Å². The molecule has 2 aromatic rings. The van der Waals surface area contributed by atoms with Gasteiger partial charge in [0.1, 0.15) is 6.54 Å². The lowest BCUT2D eigenvalue weighted by atomic mass is 9.96. The second kappa shape index (κ2) is 7.72. The van der Waals surface area contributed by atoms with Gasteiger partial charge in [0.25, 0.3) is 5.56 Å². The molecule has 0 spiro atoms. The zero-order valence-electron chi connectivity index (χ0n) is 15.3. The highest BCUT2D eigenvalue weighted by atomic mass is 16.5. The van der Waals surface area contributed by atoms with Gasteiger partial charge in [-0.3, -0.25) is 9.59 Å². The highest BCUT2D eigenvalue weighted by Gasteiger charge is 2.28. The maximum absolute atomic E-state index is 12.5. The standard InChI is InChI=1S/C18H24N4O4/c1-12(2)16-19-17(26-20-16)13-6-9-21(10-7-13)15(23)11-22-8-4-5-14(25-3)18(22)24/h4-5,8,12-13H,6-7,9-11H2,1-3H3. The molecule has 1 aliphatic heterocycles. The second-order valence-corrected chi connectivity index (χ2v) is 6.81. The lowest BCUT2D eigenvalue weighted by molar-refractivity contribution is -0.133. The van der Waals surface area contributed by atoms with Gasteiger partial charge in [-0.2, -0.15) is 4.98 Å². The fourth-order valence-electron chi connectivity index (χ4n) is 3.06. The molecular weight excluding hydrogens is 336 g/mol. The molecule has 0 saturated carbocycles. The molecule has 1 amide bonds. The Labute approximate surface area is 151 Å². The largest absolute Gasteiger partial charge is 0.491 e. The summed E-state index contributed by atoms with van der Waals surface area (Å²) in [4.78, 5) is 30.9. The third kappa shape index (κ3) is 3.79. The lowest BCUT2D eigenvalue weighted by Crippen LogP contribution is -2.41. The van der Waals surface area contributed by atoms with Gasteiger partial charge in [-0.05, 0) is 25.0 Å². The number of methoxy groups -OCH3 is 1. The first-order chi connectivity index (χ1) is 12.5.